The monoisotopic (exact) mass is 282 g/mol. The molecule has 0 amide bonds. The lowest BCUT2D eigenvalue weighted by Gasteiger charge is -2.11. The van der Waals surface area contributed by atoms with Crippen molar-refractivity contribution < 1.29 is 18.9 Å². The largest absolute Gasteiger partial charge is 0.524 e. The SMILES string of the molecule is Cc1c(C=C(Cl)Cl)cccc1OP(=O)(O)O. The van der Waals surface area contributed by atoms with Gasteiger partial charge in [0.15, 0.2) is 0 Å². The number of hydrogen-bond donors (Lipinski definition) is 2. The molecule has 0 bridgehead atoms. The van der Waals surface area contributed by atoms with Crippen LogP contribution in [0.3, 0.4) is 0 Å². The molecule has 88 valence electrons. The molecule has 0 unspecified atom stereocenters. The number of benzene rings is 1. The van der Waals surface area contributed by atoms with Crippen LogP contribution in [-0.2, 0) is 4.57 Å². The van der Waals surface area contributed by atoms with Gasteiger partial charge in [-0.15, -0.1) is 0 Å². The minimum atomic E-state index is -4.56. The average molecular weight is 283 g/mol. The van der Waals surface area contributed by atoms with E-state index < -0.39 is 7.82 Å². The number of phosphoric acid groups is 1. The molecule has 0 atom stereocenters. The van der Waals surface area contributed by atoms with Gasteiger partial charge in [0.1, 0.15) is 10.2 Å². The molecule has 1 aromatic rings. The van der Waals surface area contributed by atoms with Crippen LogP contribution in [0.25, 0.3) is 6.08 Å². The van der Waals surface area contributed by atoms with Crippen molar-refractivity contribution in [3.05, 3.63) is 33.8 Å². The van der Waals surface area contributed by atoms with Gasteiger partial charge in [-0.05, 0) is 30.2 Å². The first-order chi connectivity index (χ1) is 7.29. The van der Waals surface area contributed by atoms with Crippen molar-refractivity contribution in [1.82, 2.24) is 0 Å². The lowest BCUT2D eigenvalue weighted by atomic mass is 10.1. The second-order valence-electron chi connectivity index (χ2n) is 2.99. The molecule has 0 aromatic heterocycles. The first-order valence-electron chi connectivity index (χ1n) is 4.17. The van der Waals surface area contributed by atoms with Crippen LogP contribution in [-0.4, -0.2) is 9.79 Å². The van der Waals surface area contributed by atoms with E-state index in [9.17, 15) is 4.57 Å². The molecule has 4 nitrogen and oxygen atoms in total. The predicted octanol–water partition coefficient (Wildman–Crippen LogP) is 3.24. The molecule has 1 aromatic carbocycles. The molecule has 0 aliphatic rings. The van der Waals surface area contributed by atoms with E-state index in [1.165, 1.54) is 12.1 Å². The van der Waals surface area contributed by atoms with E-state index in [4.69, 9.17) is 33.0 Å². The van der Waals surface area contributed by atoms with Crippen LogP contribution >= 0.6 is 31.0 Å². The summed E-state index contributed by atoms with van der Waals surface area (Å²) in [7, 11) is -4.56. The minimum Gasteiger partial charge on any atom is -0.404 e. The highest BCUT2D eigenvalue weighted by Gasteiger charge is 2.17. The van der Waals surface area contributed by atoms with Gasteiger partial charge in [0.25, 0.3) is 0 Å². The molecule has 0 saturated heterocycles. The zero-order valence-corrected chi connectivity index (χ0v) is 10.6. The number of phosphoric ester groups is 1. The summed E-state index contributed by atoms with van der Waals surface area (Å²) in [5.41, 5.74) is 1.18. The Morgan fingerprint density at radius 3 is 2.56 bits per heavy atom. The fraction of sp³-hybridized carbons (Fsp3) is 0.111. The summed E-state index contributed by atoms with van der Waals surface area (Å²) in [6.07, 6.45) is 1.46. The topological polar surface area (TPSA) is 66.8 Å². The Morgan fingerprint density at radius 1 is 1.44 bits per heavy atom. The Morgan fingerprint density at radius 2 is 2.06 bits per heavy atom. The van der Waals surface area contributed by atoms with E-state index in [1.54, 1.807) is 19.1 Å². The second-order valence-corrected chi connectivity index (χ2v) is 5.16. The van der Waals surface area contributed by atoms with Crippen molar-refractivity contribution in [2.75, 3.05) is 0 Å². The molecule has 7 heteroatoms. The zero-order chi connectivity index (χ0) is 12.3. The summed E-state index contributed by atoms with van der Waals surface area (Å²) >= 11 is 11.0. The van der Waals surface area contributed by atoms with E-state index in [0.717, 1.165) is 0 Å². The van der Waals surface area contributed by atoms with E-state index >= 15 is 0 Å². The van der Waals surface area contributed by atoms with Crippen molar-refractivity contribution in [3.8, 4) is 5.75 Å². The van der Waals surface area contributed by atoms with Gasteiger partial charge in [0.05, 0.1) is 0 Å². The fourth-order valence-electron chi connectivity index (χ4n) is 1.13. The van der Waals surface area contributed by atoms with Gasteiger partial charge in [-0.1, -0.05) is 35.3 Å². The Hall–Kier alpha value is -0.510. The van der Waals surface area contributed by atoms with Crippen LogP contribution in [0, 0.1) is 6.92 Å². The van der Waals surface area contributed by atoms with Crippen molar-refractivity contribution in [2.45, 2.75) is 6.92 Å². The first-order valence-corrected chi connectivity index (χ1v) is 6.45. The minimum absolute atomic E-state index is 0.0522. The van der Waals surface area contributed by atoms with Crippen molar-refractivity contribution in [3.63, 3.8) is 0 Å². The highest BCUT2D eigenvalue weighted by molar-refractivity contribution is 7.46. The summed E-state index contributed by atoms with van der Waals surface area (Å²) in [5.74, 6) is 0.0941. The first kappa shape index (κ1) is 13.6. The predicted molar refractivity (Wildman–Crippen MR) is 63.5 cm³/mol. The molecule has 0 saturated carbocycles. The van der Waals surface area contributed by atoms with E-state index in [0.29, 0.717) is 11.1 Å². The lowest BCUT2D eigenvalue weighted by Crippen LogP contribution is -1.93. The van der Waals surface area contributed by atoms with Gasteiger partial charge in [-0.2, -0.15) is 0 Å². The van der Waals surface area contributed by atoms with E-state index in [2.05, 4.69) is 4.52 Å². The van der Waals surface area contributed by atoms with Crippen LogP contribution in [0.4, 0.5) is 0 Å². The third-order valence-corrected chi connectivity index (χ3v) is 2.46. The molecule has 16 heavy (non-hydrogen) atoms. The number of hydrogen-bond acceptors (Lipinski definition) is 2. The van der Waals surface area contributed by atoms with E-state index in [-0.39, 0.29) is 10.2 Å². The maximum absolute atomic E-state index is 10.7. The Balaban J connectivity index is 3.14. The summed E-state index contributed by atoms with van der Waals surface area (Å²) in [6.45, 7) is 1.65. The Kier molecular flexibility index (Phi) is 4.42. The van der Waals surface area contributed by atoms with Crippen LogP contribution in [0.15, 0.2) is 22.7 Å². The van der Waals surface area contributed by atoms with Gasteiger partial charge in [-0.25, -0.2) is 4.57 Å². The van der Waals surface area contributed by atoms with Crippen molar-refractivity contribution >= 4 is 37.1 Å². The van der Waals surface area contributed by atoms with Gasteiger partial charge in [0, 0.05) is 0 Å². The molecule has 0 aliphatic heterocycles. The standard InChI is InChI=1S/C9H9Cl2O4P/c1-6-7(5-9(10)11)3-2-4-8(6)15-16(12,13)14/h2-5H,1H3,(H2,12,13,14). The summed E-state index contributed by atoms with van der Waals surface area (Å²) < 4.78 is 15.2. The highest BCUT2D eigenvalue weighted by Crippen LogP contribution is 2.39. The molecule has 0 heterocycles. The molecular weight excluding hydrogens is 274 g/mol. The van der Waals surface area contributed by atoms with Gasteiger partial charge < -0.3 is 4.52 Å². The molecule has 0 radical (unpaired) electrons. The summed E-state index contributed by atoms with van der Waals surface area (Å²) in [5, 5.41) is 0. The van der Waals surface area contributed by atoms with Crippen LogP contribution in [0.2, 0.25) is 0 Å². The molecule has 1 rings (SSSR count). The van der Waals surface area contributed by atoms with Gasteiger partial charge in [-0.3, -0.25) is 9.79 Å². The second kappa shape index (κ2) is 5.21. The molecule has 0 aliphatic carbocycles. The molecular formula is C9H9Cl2O4P. The third kappa shape index (κ3) is 4.16. The lowest BCUT2D eigenvalue weighted by molar-refractivity contribution is 0.282. The van der Waals surface area contributed by atoms with Crippen LogP contribution in [0.5, 0.6) is 5.75 Å². The smallest absolute Gasteiger partial charge is 0.404 e. The van der Waals surface area contributed by atoms with Crippen LogP contribution < -0.4 is 4.52 Å². The number of rotatable bonds is 3. The summed E-state index contributed by atoms with van der Waals surface area (Å²) in [6, 6.07) is 4.74. The van der Waals surface area contributed by atoms with Crippen molar-refractivity contribution in [2.24, 2.45) is 0 Å². The molecule has 2 N–H and O–H groups in total. The summed E-state index contributed by atoms with van der Waals surface area (Å²) in [4.78, 5) is 17.4. The Bertz CT molecular complexity index is 463. The number of halogens is 2. The fourth-order valence-corrected chi connectivity index (χ4v) is 1.82. The van der Waals surface area contributed by atoms with Crippen molar-refractivity contribution in [1.29, 1.82) is 0 Å². The van der Waals surface area contributed by atoms with E-state index in [1.807, 2.05) is 0 Å². The molecule has 0 fully saturated rings. The quantitative estimate of drug-likeness (QED) is 0.836. The maximum Gasteiger partial charge on any atom is 0.524 e. The van der Waals surface area contributed by atoms with Gasteiger partial charge >= 0.3 is 7.82 Å². The normalized spacial score (nSPS) is 11.1. The average Bonchev–Trinajstić information content (AvgIpc) is 2.09. The van der Waals surface area contributed by atoms with Gasteiger partial charge in [0.2, 0.25) is 0 Å². The highest BCUT2D eigenvalue weighted by atomic mass is 35.5. The zero-order valence-electron chi connectivity index (χ0n) is 8.22. The Labute approximate surface area is 103 Å². The third-order valence-electron chi connectivity index (χ3n) is 1.81. The van der Waals surface area contributed by atoms with Crippen LogP contribution in [0.1, 0.15) is 11.1 Å². The molecule has 0 spiro atoms. The maximum atomic E-state index is 10.7.